The predicted molar refractivity (Wildman–Crippen MR) is 80.2 cm³/mol. The molecule has 1 heterocycles. The van der Waals surface area contributed by atoms with Gasteiger partial charge in [0.25, 0.3) is 0 Å². The van der Waals surface area contributed by atoms with Crippen molar-refractivity contribution in [2.24, 2.45) is 0 Å². The Kier molecular flexibility index (Phi) is 4.14. The summed E-state index contributed by atoms with van der Waals surface area (Å²) in [5, 5.41) is 4.44. The van der Waals surface area contributed by atoms with Gasteiger partial charge in [-0.3, -0.25) is 4.68 Å². The van der Waals surface area contributed by atoms with Crippen LogP contribution in [0.2, 0.25) is 0 Å². The largest absolute Gasteiger partial charge is 0.485 e. The minimum Gasteiger partial charge on any atom is -0.485 e. The SMILES string of the molecule is Cc1cc(Br)cc(N)c1OCc1ccn(C(C)C)n1. The van der Waals surface area contributed by atoms with E-state index in [2.05, 4.69) is 34.9 Å². The summed E-state index contributed by atoms with van der Waals surface area (Å²) in [5.74, 6) is 0.724. The zero-order chi connectivity index (χ0) is 14.0. The highest BCUT2D eigenvalue weighted by atomic mass is 79.9. The molecule has 0 radical (unpaired) electrons. The van der Waals surface area contributed by atoms with Crippen LogP contribution in [0.3, 0.4) is 0 Å². The highest BCUT2D eigenvalue weighted by Gasteiger charge is 2.08. The molecule has 0 aliphatic carbocycles. The smallest absolute Gasteiger partial charge is 0.145 e. The lowest BCUT2D eigenvalue weighted by atomic mass is 10.2. The Labute approximate surface area is 121 Å². The van der Waals surface area contributed by atoms with Crippen LogP contribution in [0.5, 0.6) is 5.75 Å². The third-order valence-corrected chi connectivity index (χ3v) is 3.28. The number of benzene rings is 1. The Bertz CT molecular complexity index is 555. The van der Waals surface area contributed by atoms with E-state index < -0.39 is 0 Å². The summed E-state index contributed by atoms with van der Waals surface area (Å²) in [7, 11) is 0. The van der Waals surface area contributed by atoms with E-state index in [1.807, 2.05) is 36.0 Å². The van der Waals surface area contributed by atoms with E-state index in [0.29, 0.717) is 18.3 Å². The third-order valence-electron chi connectivity index (χ3n) is 2.83. The van der Waals surface area contributed by atoms with E-state index in [-0.39, 0.29) is 0 Å². The minimum atomic E-state index is 0.355. The molecular weight excluding hydrogens is 306 g/mol. The zero-order valence-corrected chi connectivity index (χ0v) is 12.9. The molecule has 5 heteroatoms. The summed E-state index contributed by atoms with van der Waals surface area (Å²) >= 11 is 3.41. The fourth-order valence-electron chi connectivity index (χ4n) is 1.84. The molecule has 0 saturated carbocycles. The van der Waals surface area contributed by atoms with E-state index in [4.69, 9.17) is 10.5 Å². The summed E-state index contributed by atoms with van der Waals surface area (Å²) in [4.78, 5) is 0. The standard InChI is InChI=1S/C14H18BrN3O/c1-9(2)18-5-4-12(17-18)8-19-14-10(3)6-11(15)7-13(14)16/h4-7,9H,8,16H2,1-3H3. The van der Waals surface area contributed by atoms with Crippen molar-refractivity contribution < 1.29 is 4.74 Å². The molecule has 0 unspecified atom stereocenters. The quantitative estimate of drug-likeness (QED) is 0.873. The van der Waals surface area contributed by atoms with Crippen LogP contribution in [-0.4, -0.2) is 9.78 Å². The Morgan fingerprint density at radius 2 is 2.16 bits per heavy atom. The molecule has 0 spiro atoms. The van der Waals surface area contributed by atoms with Gasteiger partial charge < -0.3 is 10.5 Å². The van der Waals surface area contributed by atoms with E-state index in [1.165, 1.54) is 0 Å². The zero-order valence-electron chi connectivity index (χ0n) is 11.4. The number of aromatic nitrogens is 2. The normalized spacial score (nSPS) is 11.0. The Morgan fingerprint density at radius 1 is 1.42 bits per heavy atom. The molecule has 4 nitrogen and oxygen atoms in total. The van der Waals surface area contributed by atoms with Gasteiger partial charge in [0.2, 0.25) is 0 Å². The van der Waals surface area contributed by atoms with E-state index in [0.717, 1.165) is 21.5 Å². The Balaban J connectivity index is 2.10. The summed E-state index contributed by atoms with van der Waals surface area (Å²) in [6.45, 7) is 6.58. The van der Waals surface area contributed by atoms with Gasteiger partial charge in [0.1, 0.15) is 12.4 Å². The fourth-order valence-corrected chi connectivity index (χ4v) is 2.43. The van der Waals surface area contributed by atoms with Crippen molar-refractivity contribution in [1.82, 2.24) is 9.78 Å². The monoisotopic (exact) mass is 323 g/mol. The van der Waals surface area contributed by atoms with Gasteiger partial charge in [-0.1, -0.05) is 15.9 Å². The molecule has 0 aliphatic heterocycles. The van der Waals surface area contributed by atoms with Crippen molar-refractivity contribution in [2.45, 2.75) is 33.4 Å². The maximum atomic E-state index is 5.96. The lowest BCUT2D eigenvalue weighted by molar-refractivity contribution is 0.298. The molecule has 0 fully saturated rings. The molecule has 2 aromatic rings. The Hall–Kier alpha value is -1.49. The first-order chi connectivity index (χ1) is 8.97. The topological polar surface area (TPSA) is 53.1 Å². The maximum Gasteiger partial charge on any atom is 0.145 e. The molecule has 0 saturated heterocycles. The van der Waals surface area contributed by atoms with Crippen LogP contribution in [0.4, 0.5) is 5.69 Å². The lowest BCUT2D eigenvalue weighted by Crippen LogP contribution is -2.04. The second-order valence-corrected chi connectivity index (χ2v) is 5.73. The second-order valence-electron chi connectivity index (χ2n) is 4.81. The molecule has 1 aromatic heterocycles. The number of halogens is 1. The van der Waals surface area contributed by atoms with Crippen molar-refractivity contribution in [3.8, 4) is 5.75 Å². The number of hydrogen-bond donors (Lipinski definition) is 1. The van der Waals surface area contributed by atoms with Crippen LogP contribution < -0.4 is 10.5 Å². The van der Waals surface area contributed by atoms with Gasteiger partial charge in [-0.25, -0.2) is 0 Å². The molecule has 102 valence electrons. The number of aryl methyl sites for hydroxylation is 1. The molecule has 1 aromatic carbocycles. The summed E-state index contributed by atoms with van der Waals surface area (Å²) in [5.41, 5.74) is 8.50. The highest BCUT2D eigenvalue weighted by Crippen LogP contribution is 2.30. The number of ether oxygens (including phenoxy) is 1. The van der Waals surface area contributed by atoms with E-state index >= 15 is 0 Å². The van der Waals surface area contributed by atoms with Gasteiger partial charge in [0, 0.05) is 16.7 Å². The first-order valence-corrected chi connectivity index (χ1v) is 6.99. The molecule has 0 amide bonds. The molecular formula is C14H18BrN3O. The minimum absolute atomic E-state index is 0.355. The van der Waals surface area contributed by atoms with Crippen LogP contribution >= 0.6 is 15.9 Å². The maximum absolute atomic E-state index is 5.96. The average Bonchev–Trinajstić information content (AvgIpc) is 2.76. The summed E-state index contributed by atoms with van der Waals surface area (Å²) in [6.07, 6.45) is 1.96. The summed E-state index contributed by atoms with van der Waals surface area (Å²) in [6, 6.07) is 6.14. The van der Waals surface area contributed by atoms with E-state index in [9.17, 15) is 0 Å². The van der Waals surface area contributed by atoms with Gasteiger partial charge in [0.05, 0.1) is 11.4 Å². The van der Waals surface area contributed by atoms with Gasteiger partial charge in [-0.2, -0.15) is 5.10 Å². The highest BCUT2D eigenvalue weighted by molar-refractivity contribution is 9.10. The number of rotatable bonds is 4. The van der Waals surface area contributed by atoms with Crippen LogP contribution in [0.1, 0.15) is 31.1 Å². The predicted octanol–water partition coefficient (Wildman–Crippen LogP) is 3.70. The van der Waals surface area contributed by atoms with Gasteiger partial charge in [0.15, 0.2) is 0 Å². The number of nitrogens with zero attached hydrogens (tertiary/aromatic N) is 2. The number of hydrogen-bond acceptors (Lipinski definition) is 3. The van der Waals surface area contributed by atoms with Crippen molar-refractivity contribution in [2.75, 3.05) is 5.73 Å². The first-order valence-electron chi connectivity index (χ1n) is 6.20. The van der Waals surface area contributed by atoms with Gasteiger partial charge in [-0.15, -0.1) is 0 Å². The van der Waals surface area contributed by atoms with Crippen molar-refractivity contribution in [1.29, 1.82) is 0 Å². The van der Waals surface area contributed by atoms with Gasteiger partial charge in [-0.05, 0) is 44.5 Å². The van der Waals surface area contributed by atoms with Crippen molar-refractivity contribution in [3.63, 3.8) is 0 Å². The van der Waals surface area contributed by atoms with E-state index in [1.54, 1.807) is 0 Å². The first kappa shape index (κ1) is 13.9. The molecule has 2 rings (SSSR count). The lowest BCUT2D eigenvalue weighted by Gasteiger charge is -2.11. The molecule has 0 atom stereocenters. The van der Waals surface area contributed by atoms with Crippen LogP contribution in [0.25, 0.3) is 0 Å². The molecule has 2 N–H and O–H groups in total. The third kappa shape index (κ3) is 3.29. The molecule has 0 bridgehead atoms. The van der Waals surface area contributed by atoms with Gasteiger partial charge >= 0.3 is 0 Å². The number of nitrogen functional groups attached to an aromatic ring is 1. The number of anilines is 1. The van der Waals surface area contributed by atoms with Crippen LogP contribution in [0.15, 0.2) is 28.9 Å². The van der Waals surface area contributed by atoms with Crippen molar-refractivity contribution in [3.05, 3.63) is 40.1 Å². The number of nitrogens with two attached hydrogens (primary N) is 1. The van der Waals surface area contributed by atoms with Crippen LogP contribution in [0, 0.1) is 6.92 Å². The average molecular weight is 324 g/mol. The molecule has 19 heavy (non-hydrogen) atoms. The van der Waals surface area contributed by atoms with Crippen molar-refractivity contribution >= 4 is 21.6 Å². The fraction of sp³-hybridized carbons (Fsp3) is 0.357. The second kappa shape index (κ2) is 5.65. The van der Waals surface area contributed by atoms with Crippen LogP contribution in [-0.2, 0) is 6.61 Å². The summed E-state index contributed by atoms with van der Waals surface area (Å²) < 4.78 is 8.65. The Morgan fingerprint density at radius 3 is 2.74 bits per heavy atom. The molecule has 0 aliphatic rings.